The van der Waals surface area contributed by atoms with Crippen LogP contribution in [0.3, 0.4) is 0 Å². The molecule has 27 heavy (non-hydrogen) atoms. The number of nitrogens with zero attached hydrogens (tertiary/aromatic N) is 2. The third-order valence-electron chi connectivity index (χ3n) is 5.00. The van der Waals surface area contributed by atoms with Crippen LogP contribution in [-0.4, -0.2) is 57.7 Å². The molecule has 8 heteroatoms. The van der Waals surface area contributed by atoms with Crippen molar-refractivity contribution in [2.75, 3.05) is 36.7 Å². The second-order valence-corrected chi connectivity index (χ2v) is 9.24. The van der Waals surface area contributed by atoms with Gasteiger partial charge in [-0.15, -0.1) is 0 Å². The van der Waals surface area contributed by atoms with Crippen LogP contribution in [0.5, 0.6) is 0 Å². The number of sulfonamides is 1. The fraction of sp³-hybridized carbons (Fsp3) is 0.632. The van der Waals surface area contributed by atoms with E-state index in [0.29, 0.717) is 6.54 Å². The number of carbonyl (C=O) groups excluding carboxylic acids is 1. The fourth-order valence-electron chi connectivity index (χ4n) is 3.34. The molecule has 0 aliphatic carbocycles. The van der Waals surface area contributed by atoms with Crippen molar-refractivity contribution in [3.63, 3.8) is 0 Å². The van der Waals surface area contributed by atoms with E-state index in [0.717, 1.165) is 42.5 Å². The molecule has 0 aromatic heterocycles. The summed E-state index contributed by atoms with van der Waals surface area (Å²) in [6, 6.07) is 4.16. The molecule has 1 unspecified atom stereocenters. The lowest BCUT2D eigenvalue weighted by atomic mass is 9.99. The SMILES string of the molecule is CC1CCN(CCCNC(=O)C(C)N(c2ccc(F)cc2)S(C)(=O)=O)CC1. The maximum absolute atomic E-state index is 13.1. The summed E-state index contributed by atoms with van der Waals surface area (Å²) in [4.78, 5) is 14.9. The molecule has 0 bridgehead atoms. The van der Waals surface area contributed by atoms with Crippen LogP contribution in [0.15, 0.2) is 24.3 Å². The van der Waals surface area contributed by atoms with Gasteiger partial charge in [0, 0.05) is 6.54 Å². The topological polar surface area (TPSA) is 69.7 Å². The molecule has 1 aliphatic rings. The Hall–Kier alpha value is -1.67. The Morgan fingerprint density at radius 3 is 2.44 bits per heavy atom. The van der Waals surface area contributed by atoms with Gasteiger partial charge in [-0.2, -0.15) is 0 Å². The van der Waals surface area contributed by atoms with Gasteiger partial charge in [-0.3, -0.25) is 9.10 Å². The fourth-order valence-corrected chi connectivity index (χ4v) is 4.52. The molecule has 0 saturated carbocycles. The summed E-state index contributed by atoms with van der Waals surface area (Å²) < 4.78 is 38.5. The maximum Gasteiger partial charge on any atom is 0.243 e. The molecular formula is C19H30FN3O3S. The van der Waals surface area contributed by atoms with Crippen LogP contribution < -0.4 is 9.62 Å². The van der Waals surface area contributed by atoms with E-state index in [4.69, 9.17) is 0 Å². The first-order valence-electron chi connectivity index (χ1n) is 9.43. The number of likely N-dealkylation sites (tertiary alicyclic amines) is 1. The van der Waals surface area contributed by atoms with Gasteiger partial charge < -0.3 is 10.2 Å². The predicted molar refractivity (Wildman–Crippen MR) is 106 cm³/mol. The van der Waals surface area contributed by atoms with Gasteiger partial charge in [0.05, 0.1) is 11.9 Å². The number of anilines is 1. The number of nitrogens with one attached hydrogen (secondary N) is 1. The van der Waals surface area contributed by atoms with Gasteiger partial charge in [-0.25, -0.2) is 12.8 Å². The van der Waals surface area contributed by atoms with E-state index in [1.807, 2.05) is 0 Å². The minimum Gasteiger partial charge on any atom is -0.354 e. The number of rotatable bonds is 8. The highest BCUT2D eigenvalue weighted by atomic mass is 32.2. The Balaban J connectivity index is 1.88. The van der Waals surface area contributed by atoms with E-state index in [9.17, 15) is 17.6 Å². The number of carbonyl (C=O) groups is 1. The van der Waals surface area contributed by atoms with Gasteiger partial charge in [-0.1, -0.05) is 6.92 Å². The molecule has 6 nitrogen and oxygen atoms in total. The van der Waals surface area contributed by atoms with Gasteiger partial charge in [0.25, 0.3) is 0 Å². The van der Waals surface area contributed by atoms with E-state index in [1.165, 1.54) is 44.0 Å². The Kier molecular flexibility index (Phi) is 7.61. The molecule has 1 aliphatic heterocycles. The van der Waals surface area contributed by atoms with Crippen molar-refractivity contribution in [1.29, 1.82) is 0 Å². The first kappa shape index (κ1) is 21.6. The average Bonchev–Trinajstić information content (AvgIpc) is 2.60. The number of benzene rings is 1. The normalized spacial score (nSPS) is 17.5. The molecule has 152 valence electrons. The number of hydrogen-bond donors (Lipinski definition) is 1. The molecule has 1 fully saturated rings. The van der Waals surface area contributed by atoms with Crippen molar-refractivity contribution >= 4 is 21.6 Å². The molecule has 1 aromatic rings. The van der Waals surface area contributed by atoms with E-state index in [-0.39, 0.29) is 11.6 Å². The number of halogens is 1. The standard InChI is InChI=1S/C19H30FN3O3S/c1-15-9-13-22(14-10-15)12-4-11-21-19(24)16(2)23(27(3,25)26)18-7-5-17(20)6-8-18/h5-8,15-16H,4,9-14H2,1-3H3,(H,21,24). The number of amides is 1. The zero-order valence-electron chi connectivity index (χ0n) is 16.3. The smallest absolute Gasteiger partial charge is 0.243 e. The van der Waals surface area contributed by atoms with Crippen molar-refractivity contribution in [2.24, 2.45) is 5.92 Å². The van der Waals surface area contributed by atoms with Crippen LogP contribution in [0.25, 0.3) is 0 Å². The summed E-state index contributed by atoms with van der Waals surface area (Å²) in [5, 5.41) is 2.82. The van der Waals surface area contributed by atoms with Crippen LogP contribution in [0.1, 0.15) is 33.1 Å². The lowest BCUT2D eigenvalue weighted by molar-refractivity contribution is -0.121. The molecule has 1 heterocycles. The molecule has 1 aromatic carbocycles. The molecule has 1 atom stereocenters. The quantitative estimate of drug-likeness (QED) is 0.681. The first-order chi connectivity index (χ1) is 12.7. The lowest BCUT2D eigenvalue weighted by Gasteiger charge is -2.30. The van der Waals surface area contributed by atoms with Crippen molar-refractivity contribution in [1.82, 2.24) is 10.2 Å². The molecule has 1 N–H and O–H groups in total. The minimum absolute atomic E-state index is 0.268. The predicted octanol–water partition coefficient (Wildman–Crippen LogP) is 2.22. The zero-order valence-corrected chi connectivity index (χ0v) is 17.1. The molecule has 1 saturated heterocycles. The Morgan fingerprint density at radius 2 is 1.89 bits per heavy atom. The van der Waals surface area contributed by atoms with Crippen molar-refractivity contribution in [3.8, 4) is 0 Å². The van der Waals surface area contributed by atoms with Gasteiger partial charge in [0.2, 0.25) is 15.9 Å². The monoisotopic (exact) mass is 399 g/mol. The van der Waals surface area contributed by atoms with Crippen LogP contribution in [-0.2, 0) is 14.8 Å². The average molecular weight is 400 g/mol. The van der Waals surface area contributed by atoms with Crippen LogP contribution >= 0.6 is 0 Å². The van der Waals surface area contributed by atoms with E-state index in [1.54, 1.807) is 0 Å². The maximum atomic E-state index is 13.1. The molecular weight excluding hydrogens is 369 g/mol. The number of hydrogen-bond acceptors (Lipinski definition) is 4. The highest BCUT2D eigenvalue weighted by Gasteiger charge is 2.29. The Morgan fingerprint density at radius 1 is 1.30 bits per heavy atom. The van der Waals surface area contributed by atoms with Gasteiger partial charge in [0.1, 0.15) is 11.9 Å². The number of piperidine rings is 1. The summed E-state index contributed by atoms with van der Waals surface area (Å²) in [6.45, 7) is 7.42. The second kappa shape index (κ2) is 9.50. The summed E-state index contributed by atoms with van der Waals surface area (Å²) >= 11 is 0. The highest BCUT2D eigenvalue weighted by molar-refractivity contribution is 7.92. The van der Waals surface area contributed by atoms with E-state index < -0.39 is 21.9 Å². The largest absolute Gasteiger partial charge is 0.354 e. The van der Waals surface area contributed by atoms with Crippen molar-refractivity contribution in [2.45, 2.75) is 39.2 Å². The van der Waals surface area contributed by atoms with Crippen LogP contribution in [0.4, 0.5) is 10.1 Å². The lowest BCUT2D eigenvalue weighted by Crippen LogP contribution is -2.48. The zero-order chi connectivity index (χ0) is 20.0. The molecule has 0 radical (unpaired) electrons. The summed E-state index contributed by atoms with van der Waals surface area (Å²) in [5.74, 6) is -0.0383. The molecule has 2 rings (SSSR count). The van der Waals surface area contributed by atoms with Crippen LogP contribution in [0, 0.1) is 11.7 Å². The van der Waals surface area contributed by atoms with E-state index in [2.05, 4.69) is 17.1 Å². The molecule has 1 amide bonds. The first-order valence-corrected chi connectivity index (χ1v) is 11.3. The highest BCUT2D eigenvalue weighted by Crippen LogP contribution is 2.21. The van der Waals surface area contributed by atoms with Crippen LogP contribution in [0.2, 0.25) is 0 Å². The third-order valence-corrected chi connectivity index (χ3v) is 6.24. The van der Waals surface area contributed by atoms with Gasteiger partial charge >= 0.3 is 0 Å². The minimum atomic E-state index is -3.69. The Labute approximate surface area is 161 Å². The van der Waals surface area contributed by atoms with Crippen molar-refractivity contribution < 1.29 is 17.6 Å². The second-order valence-electron chi connectivity index (χ2n) is 7.38. The van der Waals surface area contributed by atoms with Gasteiger partial charge in [0.15, 0.2) is 0 Å². The molecule has 0 spiro atoms. The van der Waals surface area contributed by atoms with Crippen molar-refractivity contribution in [3.05, 3.63) is 30.1 Å². The van der Waals surface area contributed by atoms with Gasteiger partial charge in [-0.05, 0) is 76.0 Å². The third kappa shape index (κ3) is 6.46. The summed E-state index contributed by atoms with van der Waals surface area (Å²) in [6.07, 6.45) is 4.29. The Bertz CT molecular complexity index is 716. The van der Waals surface area contributed by atoms with E-state index >= 15 is 0 Å². The summed E-state index contributed by atoms with van der Waals surface area (Å²) in [7, 11) is -3.69. The summed E-state index contributed by atoms with van der Waals surface area (Å²) in [5.41, 5.74) is 0.268.